The first-order chi connectivity index (χ1) is 11.8. The number of aryl methyl sites for hydroxylation is 2. The van der Waals surface area contributed by atoms with Crippen LogP contribution >= 0.6 is 31.9 Å². The second-order valence-electron chi connectivity index (χ2n) is 5.57. The molecule has 0 atom stereocenters. The van der Waals surface area contributed by atoms with Gasteiger partial charge in [0.2, 0.25) is 0 Å². The highest BCUT2D eigenvalue weighted by atomic mass is 79.9. The van der Waals surface area contributed by atoms with E-state index in [1.54, 1.807) is 18.2 Å². The van der Waals surface area contributed by atoms with Crippen LogP contribution in [0.15, 0.2) is 43.4 Å². The van der Waals surface area contributed by atoms with Gasteiger partial charge in [-0.15, -0.1) is 0 Å². The molecular formula is C17H12Br2N2O4. The van der Waals surface area contributed by atoms with Gasteiger partial charge in [-0.05, 0) is 81.1 Å². The van der Waals surface area contributed by atoms with E-state index in [-0.39, 0.29) is 5.57 Å². The molecule has 4 amide bonds. The zero-order chi connectivity index (χ0) is 18.3. The first-order valence-corrected chi connectivity index (χ1v) is 8.79. The summed E-state index contributed by atoms with van der Waals surface area (Å²) in [6, 6.07) is 6.17. The number of nitrogens with zero attached hydrogens (tertiary/aromatic N) is 1. The largest absolute Gasteiger partial charge is 0.449 e. The Morgan fingerprint density at radius 3 is 2.24 bits per heavy atom. The van der Waals surface area contributed by atoms with Gasteiger partial charge in [0, 0.05) is 0 Å². The minimum Gasteiger partial charge on any atom is -0.449 e. The summed E-state index contributed by atoms with van der Waals surface area (Å²) in [5, 5.41) is 2.18. The molecule has 0 saturated carbocycles. The minimum absolute atomic E-state index is 0.187. The number of hydrogen-bond donors (Lipinski definition) is 1. The number of urea groups is 1. The van der Waals surface area contributed by atoms with E-state index in [9.17, 15) is 14.4 Å². The van der Waals surface area contributed by atoms with Crippen molar-refractivity contribution < 1.29 is 18.8 Å². The van der Waals surface area contributed by atoms with Gasteiger partial charge in [0.15, 0.2) is 4.67 Å². The lowest BCUT2D eigenvalue weighted by Crippen LogP contribution is -2.54. The maximum atomic E-state index is 12.8. The molecule has 0 radical (unpaired) electrons. The monoisotopic (exact) mass is 466 g/mol. The molecule has 1 aliphatic heterocycles. The maximum absolute atomic E-state index is 12.8. The van der Waals surface area contributed by atoms with Crippen molar-refractivity contribution in [2.45, 2.75) is 13.8 Å². The number of benzene rings is 1. The van der Waals surface area contributed by atoms with E-state index in [2.05, 4.69) is 37.2 Å². The first-order valence-electron chi connectivity index (χ1n) is 7.21. The highest BCUT2D eigenvalue weighted by molar-refractivity contribution is 9.13. The van der Waals surface area contributed by atoms with E-state index in [4.69, 9.17) is 4.42 Å². The van der Waals surface area contributed by atoms with Gasteiger partial charge in [-0.25, -0.2) is 9.69 Å². The highest BCUT2D eigenvalue weighted by Crippen LogP contribution is 2.29. The smallest absolute Gasteiger partial charge is 0.335 e. The van der Waals surface area contributed by atoms with Gasteiger partial charge >= 0.3 is 6.03 Å². The number of hydrogen-bond acceptors (Lipinski definition) is 4. The van der Waals surface area contributed by atoms with Crippen molar-refractivity contribution in [3.63, 3.8) is 0 Å². The van der Waals surface area contributed by atoms with E-state index in [1.807, 2.05) is 19.9 Å². The van der Waals surface area contributed by atoms with Crippen molar-refractivity contribution in [2.24, 2.45) is 0 Å². The summed E-state index contributed by atoms with van der Waals surface area (Å²) < 4.78 is 6.46. The predicted octanol–water partition coefficient (Wildman–Crippen LogP) is 4.09. The lowest BCUT2D eigenvalue weighted by Gasteiger charge is -2.26. The summed E-state index contributed by atoms with van der Waals surface area (Å²) >= 11 is 6.46. The SMILES string of the molecule is Cc1cc(C)cc(N2C(=O)NC(=O)/C(=C\c3cc(Br)c(Br)o3)C2=O)c1. The van der Waals surface area contributed by atoms with Gasteiger partial charge in [0.05, 0.1) is 10.2 Å². The maximum Gasteiger partial charge on any atom is 0.335 e. The number of carbonyl (C=O) groups is 3. The third kappa shape index (κ3) is 3.45. The quantitative estimate of drug-likeness (QED) is 0.532. The third-order valence-electron chi connectivity index (χ3n) is 3.52. The van der Waals surface area contributed by atoms with Crippen LogP contribution in [-0.4, -0.2) is 17.8 Å². The molecule has 1 N–H and O–H groups in total. The van der Waals surface area contributed by atoms with Crippen molar-refractivity contribution in [3.05, 3.63) is 55.9 Å². The number of carbonyl (C=O) groups excluding carboxylic acids is 3. The van der Waals surface area contributed by atoms with Gasteiger partial charge < -0.3 is 4.42 Å². The summed E-state index contributed by atoms with van der Waals surface area (Å²) in [7, 11) is 0. The molecule has 1 aliphatic rings. The molecule has 25 heavy (non-hydrogen) atoms. The zero-order valence-electron chi connectivity index (χ0n) is 13.2. The fourth-order valence-electron chi connectivity index (χ4n) is 2.55. The van der Waals surface area contributed by atoms with Crippen molar-refractivity contribution in [2.75, 3.05) is 4.90 Å². The van der Waals surface area contributed by atoms with Crippen LogP contribution in [0.4, 0.5) is 10.5 Å². The third-order valence-corrected chi connectivity index (χ3v) is 5.23. The number of halogens is 2. The Morgan fingerprint density at radius 2 is 1.68 bits per heavy atom. The van der Waals surface area contributed by atoms with Crippen LogP contribution in [0.3, 0.4) is 0 Å². The van der Waals surface area contributed by atoms with Crippen LogP contribution in [0.1, 0.15) is 16.9 Å². The lowest BCUT2D eigenvalue weighted by molar-refractivity contribution is -0.122. The molecular weight excluding hydrogens is 456 g/mol. The van der Waals surface area contributed by atoms with Crippen molar-refractivity contribution in [3.8, 4) is 0 Å². The molecule has 3 rings (SSSR count). The Labute approximate surface area is 160 Å². The van der Waals surface area contributed by atoms with Crippen LogP contribution < -0.4 is 10.2 Å². The zero-order valence-corrected chi connectivity index (χ0v) is 16.4. The molecule has 6 nitrogen and oxygen atoms in total. The van der Waals surface area contributed by atoms with E-state index in [1.165, 1.54) is 6.08 Å². The number of amides is 4. The molecule has 1 aromatic heterocycles. The van der Waals surface area contributed by atoms with Gasteiger partial charge in [0.1, 0.15) is 11.3 Å². The van der Waals surface area contributed by atoms with Crippen LogP contribution in [-0.2, 0) is 9.59 Å². The molecule has 2 heterocycles. The second-order valence-corrected chi connectivity index (χ2v) is 7.15. The summed E-state index contributed by atoms with van der Waals surface area (Å²) in [6.45, 7) is 3.73. The van der Waals surface area contributed by atoms with E-state index in [0.29, 0.717) is 20.6 Å². The Hall–Kier alpha value is -2.19. The summed E-state index contributed by atoms with van der Waals surface area (Å²) in [5.74, 6) is -1.17. The standard InChI is InChI=1S/C17H12Br2N2O4/c1-8-3-9(2)5-10(4-8)21-16(23)12(15(22)20-17(21)24)6-11-7-13(18)14(19)25-11/h3-7H,1-2H3,(H,20,22,24)/b12-6+. The average molecular weight is 468 g/mol. The minimum atomic E-state index is -0.779. The average Bonchev–Trinajstić information content (AvgIpc) is 2.80. The number of rotatable bonds is 2. The predicted molar refractivity (Wildman–Crippen MR) is 99.0 cm³/mol. The van der Waals surface area contributed by atoms with Crippen LogP contribution in [0, 0.1) is 13.8 Å². The van der Waals surface area contributed by atoms with Gasteiger partial charge in [0.25, 0.3) is 11.8 Å². The number of nitrogens with one attached hydrogen (secondary N) is 1. The number of anilines is 1. The molecule has 0 bridgehead atoms. The molecule has 0 aliphatic carbocycles. The second kappa shape index (κ2) is 6.61. The van der Waals surface area contributed by atoms with Gasteiger partial charge in [-0.3, -0.25) is 14.9 Å². The van der Waals surface area contributed by atoms with E-state index >= 15 is 0 Å². The molecule has 2 aromatic rings. The Balaban J connectivity index is 2.05. The molecule has 1 fully saturated rings. The number of imide groups is 2. The normalized spacial score (nSPS) is 16.6. The Kier molecular flexibility index (Phi) is 4.66. The molecule has 1 aromatic carbocycles. The van der Waals surface area contributed by atoms with Crippen molar-refractivity contribution >= 4 is 61.5 Å². The van der Waals surface area contributed by atoms with Crippen LogP contribution in [0.5, 0.6) is 0 Å². The highest BCUT2D eigenvalue weighted by Gasteiger charge is 2.37. The Morgan fingerprint density at radius 1 is 1.04 bits per heavy atom. The van der Waals surface area contributed by atoms with Gasteiger partial charge in [-0.2, -0.15) is 0 Å². The first kappa shape index (κ1) is 17.6. The fourth-order valence-corrected chi connectivity index (χ4v) is 3.16. The summed E-state index contributed by atoms with van der Waals surface area (Å²) in [6.07, 6.45) is 1.30. The lowest BCUT2D eigenvalue weighted by atomic mass is 10.1. The van der Waals surface area contributed by atoms with E-state index < -0.39 is 17.8 Å². The van der Waals surface area contributed by atoms with Gasteiger partial charge in [-0.1, -0.05) is 6.07 Å². The number of furan rings is 1. The van der Waals surface area contributed by atoms with Crippen molar-refractivity contribution in [1.82, 2.24) is 5.32 Å². The van der Waals surface area contributed by atoms with E-state index in [0.717, 1.165) is 16.0 Å². The number of barbiturate groups is 1. The molecule has 0 spiro atoms. The topological polar surface area (TPSA) is 79.6 Å². The van der Waals surface area contributed by atoms with Crippen LogP contribution in [0.2, 0.25) is 0 Å². The summed E-state index contributed by atoms with van der Waals surface area (Å²) in [5.41, 5.74) is 2.02. The molecule has 8 heteroatoms. The summed E-state index contributed by atoms with van der Waals surface area (Å²) in [4.78, 5) is 38.0. The molecule has 0 unspecified atom stereocenters. The fraction of sp³-hybridized carbons (Fsp3) is 0.118. The Bertz CT molecular complexity index is 906. The van der Waals surface area contributed by atoms with Crippen molar-refractivity contribution in [1.29, 1.82) is 0 Å². The van der Waals surface area contributed by atoms with Crippen LogP contribution in [0.25, 0.3) is 6.08 Å². The molecule has 1 saturated heterocycles. The molecule has 128 valence electrons.